The molecule has 0 aliphatic rings. The molecular weight excluding hydrogens is 291 g/mol. The van der Waals surface area contributed by atoms with E-state index >= 15 is 0 Å². The van der Waals surface area contributed by atoms with Crippen LogP contribution in [0.3, 0.4) is 0 Å². The maximum absolute atomic E-state index is 10.3. The largest absolute Gasteiger partial charge is 1.00 e. The molecular formula is C16H19N2NaO3. The van der Waals surface area contributed by atoms with Crippen molar-refractivity contribution in [3.8, 4) is 5.75 Å². The number of carbonyl (C=O) groups excluding carboxylic acids is 1. The second-order valence-electron chi connectivity index (χ2n) is 5.90. The van der Waals surface area contributed by atoms with Crippen LogP contribution in [0.15, 0.2) is 30.3 Å². The van der Waals surface area contributed by atoms with Gasteiger partial charge in [-0.05, 0) is 51.1 Å². The second-order valence-corrected chi connectivity index (χ2v) is 5.90. The predicted octanol–water partition coefficient (Wildman–Crippen LogP) is -1.03. The summed E-state index contributed by atoms with van der Waals surface area (Å²) in [6.07, 6.45) is -0.120. The minimum atomic E-state index is -1.12. The van der Waals surface area contributed by atoms with Crippen molar-refractivity contribution in [2.24, 2.45) is 0 Å². The van der Waals surface area contributed by atoms with Crippen LogP contribution in [0.5, 0.6) is 5.75 Å². The number of pyridine rings is 1. The van der Waals surface area contributed by atoms with E-state index in [-0.39, 0.29) is 48.1 Å². The summed E-state index contributed by atoms with van der Waals surface area (Å²) in [6.45, 7) is 6.33. The Morgan fingerprint density at radius 1 is 1.27 bits per heavy atom. The van der Waals surface area contributed by atoms with Gasteiger partial charge >= 0.3 is 29.6 Å². The molecule has 0 unspecified atom stereocenters. The van der Waals surface area contributed by atoms with Gasteiger partial charge in [0.05, 0.1) is 12.1 Å². The zero-order chi connectivity index (χ0) is 15.5. The standard InChI is InChI=1S/C16H20N2O3.Na/c1-16(2,3)18-14-7-4-11-10-12(5-6-13(11)17-14)21-9-8-15(19)20;/h4-7,10H,8-9H2,1-3H3,(H,17,18)(H,19,20);/q;+1/p-1. The van der Waals surface area contributed by atoms with Crippen molar-refractivity contribution in [1.82, 2.24) is 4.98 Å². The van der Waals surface area contributed by atoms with E-state index in [2.05, 4.69) is 31.1 Å². The van der Waals surface area contributed by atoms with E-state index in [9.17, 15) is 9.90 Å². The Hall–Kier alpha value is -1.30. The van der Waals surface area contributed by atoms with E-state index in [0.29, 0.717) is 5.75 Å². The molecule has 0 aliphatic carbocycles. The van der Waals surface area contributed by atoms with Crippen LogP contribution < -0.4 is 44.7 Å². The zero-order valence-corrected chi connectivity index (χ0v) is 15.5. The van der Waals surface area contributed by atoms with Crippen LogP contribution in [-0.4, -0.2) is 23.1 Å². The number of nitrogens with zero attached hydrogens (tertiary/aromatic N) is 1. The first-order chi connectivity index (χ1) is 9.83. The molecule has 0 saturated heterocycles. The third-order valence-electron chi connectivity index (χ3n) is 2.74. The Bertz CT molecular complexity index is 653. The number of rotatable bonds is 5. The maximum Gasteiger partial charge on any atom is 1.00 e. The molecule has 1 heterocycles. The Labute approximate surface area is 152 Å². The number of ether oxygens (including phenoxy) is 1. The number of hydrogen-bond donors (Lipinski definition) is 1. The van der Waals surface area contributed by atoms with Crippen LogP contribution >= 0.6 is 0 Å². The van der Waals surface area contributed by atoms with Crippen LogP contribution in [0.1, 0.15) is 27.2 Å². The molecule has 5 nitrogen and oxygen atoms in total. The molecule has 1 aromatic heterocycles. The van der Waals surface area contributed by atoms with Gasteiger partial charge in [-0.15, -0.1) is 0 Å². The smallest absolute Gasteiger partial charge is 0.550 e. The van der Waals surface area contributed by atoms with E-state index in [1.807, 2.05) is 24.3 Å². The monoisotopic (exact) mass is 310 g/mol. The Morgan fingerprint density at radius 3 is 2.64 bits per heavy atom. The molecule has 1 aromatic carbocycles. The van der Waals surface area contributed by atoms with Gasteiger partial charge in [-0.1, -0.05) is 0 Å². The number of anilines is 1. The first kappa shape index (κ1) is 18.7. The van der Waals surface area contributed by atoms with Crippen LogP contribution in [-0.2, 0) is 4.79 Å². The average Bonchev–Trinajstić information content (AvgIpc) is 2.36. The normalized spacial score (nSPS) is 10.9. The van der Waals surface area contributed by atoms with E-state index in [0.717, 1.165) is 16.7 Å². The molecule has 22 heavy (non-hydrogen) atoms. The number of hydrogen-bond acceptors (Lipinski definition) is 5. The molecule has 0 fully saturated rings. The van der Waals surface area contributed by atoms with Gasteiger partial charge in [0.15, 0.2) is 0 Å². The molecule has 2 aromatic rings. The van der Waals surface area contributed by atoms with Crippen LogP contribution in [0.4, 0.5) is 5.82 Å². The summed E-state index contributed by atoms with van der Waals surface area (Å²) >= 11 is 0. The topological polar surface area (TPSA) is 74.3 Å². The van der Waals surface area contributed by atoms with Crippen molar-refractivity contribution in [2.45, 2.75) is 32.7 Å². The summed E-state index contributed by atoms with van der Waals surface area (Å²) in [6, 6.07) is 9.36. The zero-order valence-electron chi connectivity index (χ0n) is 13.5. The second kappa shape index (κ2) is 7.81. The number of benzene rings is 1. The van der Waals surface area contributed by atoms with Crippen molar-refractivity contribution < 1.29 is 44.2 Å². The molecule has 0 bridgehead atoms. The minimum absolute atomic E-state index is 0. The minimum Gasteiger partial charge on any atom is -0.550 e. The average molecular weight is 310 g/mol. The van der Waals surface area contributed by atoms with Gasteiger partial charge in [-0.2, -0.15) is 0 Å². The predicted molar refractivity (Wildman–Crippen MR) is 80.2 cm³/mol. The number of nitrogens with one attached hydrogen (secondary N) is 1. The Kier molecular flexibility index (Phi) is 6.66. The summed E-state index contributed by atoms with van der Waals surface area (Å²) in [5.74, 6) is 0.332. The van der Waals surface area contributed by atoms with E-state index in [1.54, 1.807) is 6.07 Å². The Morgan fingerprint density at radius 2 is 2.00 bits per heavy atom. The molecule has 0 saturated carbocycles. The molecule has 112 valence electrons. The first-order valence-electron chi connectivity index (χ1n) is 6.85. The van der Waals surface area contributed by atoms with Crippen molar-refractivity contribution in [3.05, 3.63) is 30.3 Å². The van der Waals surface area contributed by atoms with Gasteiger partial charge in [-0.25, -0.2) is 4.98 Å². The summed E-state index contributed by atoms with van der Waals surface area (Å²) in [4.78, 5) is 14.9. The fourth-order valence-electron chi connectivity index (χ4n) is 1.90. The Balaban J connectivity index is 0.00000242. The first-order valence-corrected chi connectivity index (χ1v) is 6.85. The van der Waals surface area contributed by atoms with Crippen LogP contribution in [0.2, 0.25) is 0 Å². The maximum atomic E-state index is 10.3. The number of aliphatic carboxylic acids is 1. The van der Waals surface area contributed by atoms with Gasteiger partial charge in [0.1, 0.15) is 11.6 Å². The molecule has 0 spiro atoms. The summed E-state index contributed by atoms with van der Waals surface area (Å²) in [5.41, 5.74) is 0.811. The van der Waals surface area contributed by atoms with Gasteiger partial charge in [0, 0.05) is 23.3 Å². The van der Waals surface area contributed by atoms with E-state index in [1.165, 1.54) is 0 Å². The SMILES string of the molecule is CC(C)(C)Nc1ccc2cc(OCCC(=O)[O-])ccc2n1.[Na+]. The quantitative estimate of drug-likeness (QED) is 0.715. The van der Waals surface area contributed by atoms with Crippen molar-refractivity contribution >= 4 is 22.7 Å². The molecule has 0 radical (unpaired) electrons. The molecule has 0 amide bonds. The number of carbonyl (C=O) groups is 1. The summed E-state index contributed by atoms with van der Waals surface area (Å²) < 4.78 is 5.37. The third-order valence-corrected chi connectivity index (χ3v) is 2.74. The molecule has 0 atom stereocenters. The van der Waals surface area contributed by atoms with Crippen LogP contribution in [0.25, 0.3) is 10.9 Å². The van der Waals surface area contributed by atoms with Gasteiger partial charge in [-0.3, -0.25) is 0 Å². The fraction of sp³-hybridized carbons (Fsp3) is 0.375. The van der Waals surface area contributed by atoms with Crippen LogP contribution in [0, 0.1) is 0 Å². The van der Waals surface area contributed by atoms with Crippen molar-refractivity contribution in [1.29, 1.82) is 0 Å². The number of carboxylic acids is 1. The van der Waals surface area contributed by atoms with E-state index in [4.69, 9.17) is 4.74 Å². The molecule has 0 aliphatic heterocycles. The third kappa shape index (κ3) is 5.83. The van der Waals surface area contributed by atoms with Gasteiger partial charge in [0.2, 0.25) is 0 Å². The molecule has 1 N–H and O–H groups in total. The van der Waals surface area contributed by atoms with Gasteiger partial charge in [0.25, 0.3) is 0 Å². The van der Waals surface area contributed by atoms with E-state index < -0.39 is 5.97 Å². The number of carboxylic acid groups (broad SMARTS) is 1. The number of fused-ring (bicyclic) bond motifs is 1. The van der Waals surface area contributed by atoms with Crippen molar-refractivity contribution in [3.63, 3.8) is 0 Å². The van der Waals surface area contributed by atoms with Gasteiger partial charge < -0.3 is 20.0 Å². The number of aromatic nitrogens is 1. The molecule has 2 rings (SSSR count). The van der Waals surface area contributed by atoms with Crippen molar-refractivity contribution in [2.75, 3.05) is 11.9 Å². The fourth-order valence-corrected chi connectivity index (χ4v) is 1.90. The summed E-state index contributed by atoms with van der Waals surface area (Å²) in [7, 11) is 0. The molecule has 6 heteroatoms. The summed E-state index contributed by atoms with van der Waals surface area (Å²) in [5, 5.41) is 14.6.